The van der Waals surface area contributed by atoms with Crippen molar-refractivity contribution in [2.45, 2.75) is 50.8 Å². The maximum Gasteiger partial charge on any atom is 0.222 e. The molecule has 0 spiro atoms. The molecule has 0 radical (unpaired) electrons. The molecular weight excluding hydrogens is 252 g/mol. The first-order valence-corrected chi connectivity index (χ1v) is 7.20. The van der Waals surface area contributed by atoms with Gasteiger partial charge in [-0.25, -0.2) is 0 Å². The van der Waals surface area contributed by atoms with Crippen molar-refractivity contribution in [3.63, 3.8) is 0 Å². The maximum absolute atomic E-state index is 12.1. The van der Waals surface area contributed by atoms with Crippen LogP contribution >= 0.6 is 0 Å². The lowest BCUT2D eigenvalue weighted by atomic mass is 9.93. The largest absolute Gasteiger partial charge is 0.375 e. The van der Waals surface area contributed by atoms with E-state index in [-0.39, 0.29) is 23.6 Å². The summed E-state index contributed by atoms with van der Waals surface area (Å²) in [4.78, 5) is 12.1. The van der Waals surface area contributed by atoms with Crippen LogP contribution in [0.2, 0.25) is 0 Å². The number of rotatable bonds is 4. The average molecular weight is 276 g/mol. The first kappa shape index (κ1) is 15.0. The number of nitrogens with one attached hydrogen (secondary N) is 1. The Hall–Kier alpha value is -1.39. The molecule has 1 aliphatic heterocycles. The van der Waals surface area contributed by atoms with Gasteiger partial charge in [0.25, 0.3) is 0 Å². The topological polar surface area (TPSA) is 64.4 Å². The van der Waals surface area contributed by atoms with E-state index in [2.05, 4.69) is 19.2 Å². The van der Waals surface area contributed by atoms with E-state index in [0.29, 0.717) is 13.0 Å². The smallest absolute Gasteiger partial charge is 0.222 e. The predicted octanol–water partition coefficient (Wildman–Crippen LogP) is 2.15. The van der Waals surface area contributed by atoms with Gasteiger partial charge in [0.1, 0.15) is 0 Å². The van der Waals surface area contributed by atoms with Crippen molar-refractivity contribution in [3.8, 4) is 0 Å². The molecule has 4 nitrogen and oxygen atoms in total. The number of carbonyl (C=O) groups is 1. The van der Waals surface area contributed by atoms with Crippen LogP contribution < -0.4 is 11.1 Å². The van der Waals surface area contributed by atoms with E-state index in [0.717, 1.165) is 18.4 Å². The van der Waals surface area contributed by atoms with Crippen molar-refractivity contribution in [2.75, 3.05) is 6.61 Å². The number of nitrogens with two attached hydrogens (primary N) is 1. The van der Waals surface area contributed by atoms with Crippen molar-refractivity contribution in [1.82, 2.24) is 5.32 Å². The SMILES string of the molecule is CC1(C)CC(NC(=O)CC(N)c2ccccc2)CCO1. The average Bonchev–Trinajstić information content (AvgIpc) is 2.38. The number of hydrogen-bond acceptors (Lipinski definition) is 3. The van der Waals surface area contributed by atoms with Crippen LogP contribution in [0.25, 0.3) is 0 Å². The zero-order valence-electron chi connectivity index (χ0n) is 12.3. The molecule has 1 fully saturated rings. The second-order valence-corrected chi connectivity index (χ2v) is 6.09. The molecule has 1 amide bonds. The molecule has 110 valence electrons. The number of hydrogen-bond donors (Lipinski definition) is 2. The number of benzene rings is 1. The van der Waals surface area contributed by atoms with E-state index in [1.807, 2.05) is 30.3 Å². The molecule has 1 heterocycles. The van der Waals surface area contributed by atoms with Crippen LogP contribution in [0.15, 0.2) is 30.3 Å². The monoisotopic (exact) mass is 276 g/mol. The van der Waals surface area contributed by atoms with Gasteiger partial charge in [0, 0.05) is 25.1 Å². The highest BCUT2D eigenvalue weighted by Crippen LogP contribution is 2.24. The van der Waals surface area contributed by atoms with Crippen molar-refractivity contribution in [1.29, 1.82) is 0 Å². The summed E-state index contributed by atoms with van der Waals surface area (Å²) in [5, 5.41) is 3.08. The molecule has 1 saturated heterocycles. The van der Waals surface area contributed by atoms with Gasteiger partial charge in [0.2, 0.25) is 5.91 Å². The van der Waals surface area contributed by atoms with Gasteiger partial charge in [0.05, 0.1) is 5.60 Å². The van der Waals surface area contributed by atoms with Gasteiger partial charge in [-0.3, -0.25) is 4.79 Å². The summed E-state index contributed by atoms with van der Waals surface area (Å²) in [6, 6.07) is 9.67. The molecule has 0 bridgehead atoms. The summed E-state index contributed by atoms with van der Waals surface area (Å²) in [5.41, 5.74) is 6.91. The van der Waals surface area contributed by atoms with E-state index in [1.54, 1.807) is 0 Å². The molecule has 0 aromatic heterocycles. The summed E-state index contributed by atoms with van der Waals surface area (Å²) in [5.74, 6) is 0.0176. The molecule has 1 aromatic rings. The van der Waals surface area contributed by atoms with E-state index < -0.39 is 0 Å². The van der Waals surface area contributed by atoms with Crippen LogP contribution in [0.3, 0.4) is 0 Å². The Morgan fingerprint density at radius 1 is 1.45 bits per heavy atom. The van der Waals surface area contributed by atoms with E-state index >= 15 is 0 Å². The van der Waals surface area contributed by atoms with E-state index in [9.17, 15) is 4.79 Å². The molecule has 2 unspecified atom stereocenters. The Kier molecular flexibility index (Phi) is 4.78. The lowest BCUT2D eigenvalue weighted by molar-refractivity contribution is -0.124. The van der Waals surface area contributed by atoms with Gasteiger partial charge in [-0.2, -0.15) is 0 Å². The third-order valence-electron chi connectivity index (χ3n) is 3.70. The quantitative estimate of drug-likeness (QED) is 0.885. The molecule has 0 saturated carbocycles. The summed E-state index contributed by atoms with van der Waals surface area (Å²) < 4.78 is 5.65. The van der Waals surface area contributed by atoms with Gasteiger partial charge < -0.3 is 15.8 Å². The Morgan fingerprint density at radius 2 is 2.15 bits per heavy atom. The Bertz CT molecular complexity index is 445. The minimum absolute atomic E-state index is 0.0176. The van der Waals surface area contributed by atoms with Gasteiger partial charge >= 0.3 is 0 Å². The highest BCUT2D eigenvalue weighted by molar-refractivity contribution is 5.77. The van der Waals surface area contributed by atoms with Crippen molar-refractivity contribution in [3.05, 3.63) is 35.9 Å². The maximum atomic E-state index is 12.1. The van der Waals surface area contributed by atoms with Gasteiger partial charge in [-0.05, 0) is 32.3 Å². The summed E-state index contributed by atoms with van der Waals surface area (Å²) >= 11 is 0. The lowest BCUT2D eigenvalue weighted by Crippen LogP contribution is -2.46. The lowest BCUT2D eigenvalue weighted by Gasteiger charge is -2.35. The molecule has 4 heteroatoms. The van der Waals surface area contributed by atoms with E-state index in [4.69, 9.17) is 10.5 Å². The third kappa shape index (κ3) is 4.32. The Labute approximate surface area is 120 Å². The summed E-state index contributed by atoms with van der Waals surface area (Å²) in [7, 11) is 0. The van der Waals surface area contributed by atoms with Crippen LogP contribution in [0.5, 0.6) is 0 Å². The van der Waals surface area contributed by atoms with Crippen LogP contribution in [-0.4, -0.2) is 24.2 Å². The molecule has 2 atom stereocenters. The molecule has 2 rings (SSSR count). The fourth-order valence-electron chi connectivity index (χ4n) is 2.66. The summed E-state index contributed by atoms with van der Waals surface area (Å²) in [6.45, 7) is 4.81. The fraction of sp³-hybridized carbons (Fsp3) is 0.562. The van der Waals surface area contributed by atoms with Gasteiger partial charge in [0.15, 0.2) is 0 Å². The molecular formula is C16H24N2O2. The third-order valence-corrected chi connectivity index (χ3v) is 3.70. The molecule has 1 aromatic carbocycles. The summed E-state index contributed by atoms with van der Waals surface area (Å²) in [6.07, 6.45) is 2.04. The van der Waals surface area contributed by atoms with Crippen LogP contribution in [0.1, 0.15) is 44.7 Å². The zero-order valence-corrected chi connectivity index (χ0v) is 12.3. The predicted molar refractivity (Wildman–Crippen MR) is 79.2 cm³/mol. The van der Waals surface area contributed by atoms with Gasteiger partial charge in [-0.1, -0.05) is 30.3 Å². The standard InChI is InChI=1S/C16H24N2O2/c1-16(2)11-13(8-9-20-16)18-15(19)10-14(17)12-6-4-3-5-7-12/h3-7,13-14H,8-11,17H2,1-2H3,(H,18,19). The molecule has 20 heavy (non-hydrogen) atoms. The molecule has 0 aliphatic carbocycles. The normalized spacial score (nSPS) is 23.1. The number of carbonyl (C=O) groups excluding carboxylic acids is 1. The fourth-order valence-corrected chi connectivity index (χ4v) is 2.66. The van der Waals surface area contributed by atoms with Crippen molar-refractivity contribution < 1.29 is 9.53 Å². The highest BCUT2D eigenvalue weighted by Gasteiger charge is 2.29. The van der Waals surface area contributed by atoms with Crippen LogP contribution in [0, 0.1) is 0 Å². The van der Waals surface area contributed by atoms with Gasteiger partial charge in [-0.15, -0.1) is 0 Å². The second-order valence-electron chi connectivity index (χ2n) is 6.09. The minimum atomic E-state index is -0.246. The van der Waals surface area contributed by atoms with E-state index in [1.165, 1.54) is 0 Å². The van der Waals surface area contributed by atoms with Crippen molar-refractivity contribution >= 4 is 5.91 Å². The first-order valence-electron chi connectivity index (χ1n) is 7.20. The molecule has 3 N–H and O–H groups in total. The Morgan fingerprint density at radius 3 is 2.80 bits per heavy atom. The number of ether oxygens (including phenoxy) is 1. The number of amides is 1. The second kappa shape index (κ2) is 6.37. The Balaban J connectivity index is 1.83. The minimum Gasteiger partial charge on any atom is -0.375 e. The zero-order chi connectivity index (χ0) is 14.6. The van der Waals surface area contributed by atoms with Crippen LogP contribution in [0.4, 0.5) is 0 Å². The highest BCUT2D eigenvalue weighted by atomic mass is 16.5. The first-order chi connectivity index (χ1) is 9.46. The molecule has 1 aliphatic rings. The van der Waals surface area contributed by atoms with Crippen LogP contribution in [-0.2, 0) is 9.53 Å². The van der Waals surface area contributed by atoms with Crippen molar-refractivity contribution in [2.24, 2.45) is 5.73 Å².